The van der Waals surface area contributed by atoms with E-state index in [0.717, 1.165) is 36.3 Å². The summed E-state index contributed by atoms with van der Waals surface area (Å²) in [5.41, 5.74) is 2.23. The molecule has 0 bridgehead atoms. The van der Waals surface area contributed by atoms with Gasteiger partial charge in [0.05, 0.1) is 17.5 Å². The number of carbonyl (C=O) groups excluding carboxylic acids is 1. The summed E-state index contributed by atoms with van der Waals surface area (Å²) < 4.78 is 7.56. The Morgan fingerprint density at radius 2 is 1.93 bits per heavy atom. The fraction of sp³-hybridized carbons (Fsp3) is 0.571. The van der Waals surface area contributed by atoms with Gasteiger partial charge in [-0.15, -0.1) is 10.2 Å². The van der Waals surface area contributed by atoms with Crippen molar-refractivity contribution >= 4 is 23.6 Å². The van der Waals surface area contributed by atoms with Crippen molar-refractivity contribution in [1.82, 2.24) is 20.1 Å². The minimum absolute atomic E-state index is 0.000672. The van der Waals surface area contributed by atoms with E-state index in [0.29, 0.717) is 18.9 Å². The van der Waals surface area contributed by atoms with Gasteiger partial charge in [-0.1, -0.05) is 29.5 Å². The second-order valence-electron chi connectivity index (χ2n) is 7.56. The minimum atomic E-state index is 0.000672. The first-order valence-corrected chi connectivity index (χ1v) is 11.3. The molecule has 1 fully saturated rings. The molecular weight excluding hydrogens is 386 g/mol. The molecule has 1 aliphatic rings. The van der Waals surface area contributed by atoms with Crippen LogP contribution < -0.4 is 10.2 Å². The van der Waals surface area contributed by atoms with Crippen molar-refractivity contribution in [2.24, 2.45) is 0 Å². The number of benzene rings is 1. The molecule has 0 atom stereocenters. The molecule has 29 heavy (non-hydrogen) atoms. The van der Waals surface area contributed by atoms with Gasteiger partial charge in [-0.05, 0) is 52.2 Å². The van der Waals surface area contributed by atoms with Crippen LogP contribution in [0.25, 0.3) is 5.69 Å². The number of aryl methyl sites for hydroxylation is 1. The summed E-state index contributed by atoms with van der Waals surface area (Å²) in [6.07, 6.45) is 3.38. The van der Waals surface area contributed by atoms with Crippen LogP contribution in [0, 0.1) is 6.92 Å². The van der Waals surface area contributed by atoms with Crippen LogP contribution in [0.1, 0.15) is 38.7 Å². The molecule has 2 aromatic rings. The summed E-state index contributed by atoms with van der Waals surface area (Å²) in [7, 11) is 0. The third-order valence-corrected chi connectivity index (χ3v) is 5.65. The number of aromatic nitrogens is 3. The summed E-state index contributed by atoms with van der Waals surface area (Å²) in [6, 6.07) is 8.33. The molecular formula is C21H31N5O2S. The molecule has 1 N–H and O–H groups in total. The standard InChI is InChI=1S/C21H31N5O2S/c1-16(2)28-14-6-11-22-19(27)15-29-21-24-23-20(25-12-4-5-13-25)26(21)18-9-7-17(3)8-10-18/h7-10,16H,4-6,11-15H2,1-3H3,(H,22,27). The number of nitrogens with one attached hydrogen (secondary N) is 1. The van der Waals surface area contributed by atoms with E-state index in [1.807, 2.05) is 13.8 Å². The van der Waals surface area contributed by atoms with Crippen LogP contribution >= 0.6 is 11.8 Å². The van der Waals surface area contributed by atoms with Crippen LogP contribution in [0.5, 0.6) is 0 Å². The number of rotatable bonds is 10. The first kappa shape index (κ1) is 21.6. The summed E-state index contributed by atoms with van der Waals surface area (Å²) in [4.78, 5) is 14.5. The molecule has 158 valence electrons. The van der Waals surface area contributed by atoms with Crippen molar-refractivity contribution in [1.29, 1.82) is 0 Å². The van der Waals surface area contributed by atoms with Gasteiger partial charge in [-0.3, -0.25) is 9.36 Å². The van der Waals surface area contributed by atoms with Crippen LogP contribution in [0.3, 0.4) is 0 Å². The Morgan fingerprint density at radius 3 is 2.62 bits per heavy atom. The summed E-state index contributed by atoms with van der Waals surface area (Å²) in [5.74, 6) is 1.18. The van der Waals surface area contributed by atoms with Crippen molar-refractivity contribution in [3.63, 3.8) is 0 Å². The zero-order valence-electron chi connectivity index (χ0n) is 17.6. The van der Waals surface area contributed by atoms with Gasteiger partial charge in [-0.2, -0.15) is 0 Å². The molecule has 1 aromatic heterocycles. The van der Waals surface area contributed by atoms with Gasteiger partial charge in [-0.25, -0.2) is 0 Å². The molecule has 0 spiro atoms. The van der Waals surface area contributed by atoms with Crippen LogP contribution in [-0.2, 0) is 9.53 Å². The van der Waals surface area contributed by atoms with E-state index in [4.69, 9.17) is 4.74 Å². The largest absolute Gasteiger partial charge is 0.379 e. The van der Waals surface area contributed by atoms with E-state index in [1.54, 1.807) is 0 Å². The first-order chi connectivity index (χ1) is 14.0. The molecule has 0 aliphatic carbocycles. The van der Waals surface area contributed by atoms with E-state index in [9.17, 15) is 4.79 Å². The molecule has 2 heterocycles. The molecule has 0 radical (unpaired) electrons. The van der Waals surface area contributed by atoms with Crippen molar-refractivity contribution in [3.8, 4) is 5.69 Å². The van der Waals surface area contributed by atoms with Crippen molar-refractivity contribution in [3.05, 3.63) is 29.8 Å². The lowest BCUT2D eigenvalue weighted by Gasteiger charge is -2.18. The molecule has 8 heteroatoms. The topological polar surface area (TPSA) is 72.3 Å². The maximum absolute atomic E-state index is 12.2. The minimum Gasteiger partial charge on any atom is -0.379 e. The van der Waals surface area contributed by atoms with Gasteiger partial charge in [0.25, 0.3) is 0 Å². The molecule has 3 rings (SSSR count). The Balaban J connectivity index is 1.63. The number of nitrogens with zero attached hydrogens (tertiary/aromatic N) is 4. The first-order valence-electron chi connectivity index (χ1n) is 10.3. The van der Waals surface area contributed by atoms with E-state index < -0.39 is 0 Å². The molecule has 1 aromatic carbocycles. The van der Waals surface area contributed by atoms with Gasteiger partial charge >= 0.3 is 0 Å². The second-order valence-corrected chi connectivity index (χ2v) is 8.50. The highest BCUT2D eigenvalue weighted by Crippen LogP contribution is 2.28. The predicted octanol–water partition coefficient (Wildman–Crippen LogP) is 3.20. The number of thioether (sulfide) groups is 1. The Labute approximate surface area is 177 Å². The quantitative estimate of drug-likeness (QED) is 0.473. The van der Waals surface area contributed by atoms with Gasteiger partial charge in [0.2, 0.25) is 11.9 Å². The maximum Gasteiger partial charge on any atom is 0.232 e. The van der Waals surface area contributed by atoms with Crippen LogP contribution in [0.15, 0.2) is 29.4 Å². The van der Waals surface area contributed by atoms with E-state index in [2.05, 4.69) is 56.2 Å². The van der Waals surface area contributed by atoms with Gasteiger partial charge in [0.1, 0.15) is 0 Å². The van der Waals surface area contributed by atoms with E-state index in [1.165, 1.54) is 30.2 Å². The summed E-state index contributed by atoms with van der Waals surface area (Å²) >= 11 is 1.42. The number of hydrogen-bond donors (Lipinski definition) is 1. The predicted molar refractivity (Wildman–Crippen MR) is 117 cm³/mol. The zero-order chi connectivity index (χ0) is 20.6. The highest BCUT2D eigenvalue weighted by molar-refractivity contribution is 7.99. The molecule has 1 amide bonds. The Bertz CT molecular complexity index is 785. The highest BCUT2D eigenvalue weighted by atomic mass is 32.2. The SMILES string of the molecule is Cc1ccc(-n2c(SCC(=O)NCCCOC(C)C)nnc2N2CCCC2)cc1. The highest BCUT2D eigenvalue weighted by Gasteiger charge is 2.22. The molecule has 0 unspecified atom stereocenters. The van der Waals surface area contributed by atoms with Gasteiger partial charge in [0, 0.05) is 26.2 Å². The Kier molecular flexibility index (Phi) is 7.94. The Hall–Kier alpha value is -2.06. The molecule has 0 saturated carbocycles. The lowest BCUT2D eigenvalue weighted by molar-refractivity contribution is -0.118. The number of carbonyl (C=O) groups is 1. The van der Waals surface area contributed by atoms with Crippen LogP contribution in [0.2, 0.25) is 0 Å². The third kappa shape index (κ3) is 6.21. The fourth-order valence-corrected chi connectivity index (χ4v) is 3.97. The van der Waals surface area contributed by atoms with Crippen molar-refractivity contribution in [2.45, 2.75) is 51.3 Å². The fourth-order valence-electron chi connectivity index (χ4n) is 3.20. The van der Waals surface area contributed by atoms with Gasteiger partial charge in [0.15, 0.2) is 5.16 Å². The summed E-state index contributed by atoms with van der Waals surface area (Å²) in [6.45, 7) is 9.36. The van der Waals surface area contributed by atoms with Crippen molar-refractivity contribution < 1.29 is 9.53 Å². The molecule has 1 aliphatic heterocycles. The smallest absolute Gasteiger partial charge is 0.232 e. The normalized spacial score (nSPS) is 14.0. The monoisotopic (exact) mass is 417 g/mol. The van der Waals surface area contributed by atoms with Gasteiger partial charge < -0.3 is 15.0 Å². The maximum atomic E-state index is 12.2. The third-order valence-electron chi connectivity index (χ3n) is 4.72. The molecule has 7 nitrogen and oxygen atoms in total. The lowest BCUT2D eigenvalue weighted by Crippen LogP contribution is -2.27. The van der Waals surface area contributed by atoms with Crippen LogP contribution in [0.4, 0.5) is 5.95 Å². The van der Waals surface area contributed by atoms with E-state index in [-0.39, 0.29) is 12.0 Å². The van der Waals surface area contributed by atoms with E-state index >= 15 is 0 Å². The number of amides is 1. The average molecular weight is 418 g/mol. The van der Waals surface area contributed by atoms with Crippen molar-refractivity contribution in [2.75, 3.05) is 36.9 Å². The number of hydrogen-bond acceptors (Lipinski definition) is 6. The number of ether oxygens (including phenoxy) is 1. The number of anilines is 1. The molecule has 1 saturated heterocycles. The lowest BCUT2D eigenvalue weighted by atomic mass is 10.2. The zero-order valence-corrected chi connectivity index (χ0v) is 18.4. The van der Waals surface area contributed by atoms with Crippen LogP contribution in [-0.4, -0.2) is 58.8 Å². The Morgan fingerprint density at radius 1 is 1.21 bits per heavy atom. The summed E-state index contributed by atoms with van der Waals surface area (Å²) in [5, 5.41) is 12.5. The average Bonchev–Trinajstić information content (AvgIpc) is 3.36. The second kappa shape index (κ2) is 10.6.